The number of aromatic nitrogens is 6. The summed E-state index contributed by atoms with van der Waals surface area (Å²) in [5.74, 6) is 0.690. The summed E-state index contributed by atoms with van der Waals surface area (Å²) in [6.07, 6.45) is 1.69. The van der Waals surface area contributed by atoms with Crippen molar-refractivity contribution in [3.05, 3.63) is 65.9 Å². The van der Waals surface area contributed by atoms with E-state index in [0.717, 1.165) is 28.0 Å². The minimum Gasteiger partial charge on any atom is -0.385 e. The van der Waals surface area contributed by atoms with Gasteiger partial charge in [0.2, 0.25) is 0 Å². The van der Waals surface area contributed by atoms with Crippen LogP contribution in [0.5, 0.6) is 0 Å². The average molecular weight is 377 g/mol. The van der Waals surface area contributed by atoms with Crippen molar-refractivity contribution in [2.75, 3.05) is 5.73 Å². The number of aryl methyl sites for hydroxylation is 3. The molecule has 0 aliphatic heterocycles. The summed E-state index contributed by atoms with van der Waals surface area (Å²) in [7, 11) is 1.83. The second-order valence-electron chi connectivity index (χ2n) is 6.61. The molecule has 0 saturated heterocycles. The topological polar surface area (TPSA) is 90.3 Å². The van der Waals surface area contributed by atoms with E-state index in [-0.39, 0.29) is 5.82 Å². The molecule has 142 valence electrons. The molecule has 8 heteroatoms. The second kappa shape index (κ2) is 6.80. The number of nitrogens with two attached hydrogens (primary N) is 1. The van der Waals surface area contributed by atoms with Crippen LogP contribution in [0.2, 0.25) is 0 Å². The van der Waals surface area contributed by atoms with Crippen LogP contribution in [0.25, 0.3) is 28.1 Å². The molecular weight excluding hydrogens is 357 g/mol. The number of H-pyrrole nitrogens is 1. The molecule has 0 unspecified atom stereocenters. The summed E-state index contributed by atoms with van der Waals surface area (Å²) in [6, 6.07) is 11.8. The van der Waals surface area contributed by atoms with Gasteiger partial charge < -0.3 is 10.7 Å². The quantitative estimate of drug-likeness (QED) is 0.558. The zero-order valence-corrected chi connectivity index (χ0v) is 15.8. The van der Waals surface area contributed by atoms with Gasteiger partial charge in [-0.2, -0.15) is 10.2 Å². The number of anilines is 1. The highest BCUT2D eigenvalue weighted by atomic mass is 19.1. The highest BCUT2D eigenvalue weighted by Crippen LogP contribution is 2.27. The number of aromatic amines is 1. The van der Waals surface area contributed by atoms with Crippen LogP contribution in [0.3, 0.4) is 0 Å². The molecule has 0 radical (unpaired) electrons. The van der Waals surface area contributed by atoms with Gasteiger partial charge in [0.25, 0.3) is 0 Å². The predicted octanol–water partition coefficient (Wildman–Crippen LogP) is 3.61. The SMILES string of the molecule is Cc1cc(C)n(-c2cc(N)[nH]c3nn(C)c(-c4ccc(F)cc4)c3ccn2)n1. The Morgan fingerprint density at radius 1 is 1.04 bits per heavy atom. The Kier molecular flexibility index (Phi) is 4.31. The molecule has 4 rings (SSSR count). The summed E-state index contributed by atoms with van der Waals surface area (Å²) < 4.78 is 16.8. The van der Waals surface area contributed by atoms with E-state index in [1.54, 1.807) is 33.8 Å². The Morgan fingerprint density at radius 3 is 2.46 bits per heavy atom. The van der Waals surface area contributed by atoms with Gasteiger partial charge in [0.1, 0.15) is 11.6 Å². The Balaban J connectivity index is 1.96. The first-order valence-electron chi connectivity index (χ1n) is 8.77. The molecule has 3 aromatic heterocycles. The zero-order chi connectivity index (χ0) is 19.8. The normalized spacial score (nSPS) is 11.0. The first-order valence-corrected chi connectivity index (χ1v) is 8.77. The van der Waals surface area contributed by atoms with E-state index in [9.17, 15) is 4.39 Å². The number of rotatable bonds is 2. The fourth-order valence-corrected chi connectivity index (χ4v) is 3.25. The Labute approximate surface area is 161 Å². The maximum atomic E-state index is 13.3. The van der Waals surface area contributed by atoms with Gasteiger partial charge in [0.05, 0.1) is 11.4 Å². The van der Waals surface area contributed by atoms with Gasteiger partial charge in [-0.15, -0.1) is 0 Å². The first kappa shape index (κ1) is 17.7. The number of halogens is 1. The molecule has 0 aliphatic carbocycles. The predicted molar refractivity (Wildman–Crippen MR) is 107 cm³/mol. The fraction of sp³-hybridized carbons (Fsp3) is 0.150. The van der Waals surface area contributed by atoms with Crippen molar-refractivity contribution < 1.29 is 4.39 Å². The number of hydrogen-bond acceptors (Lipinski definition) is 4. The maximum Gasteiger partial charge on any atom is 0.161 e. The third-order valence-corrected chi connectivity index (χ3v) is 4.42. The molecule has 0 spiro atoms. The van der Waals surface area contributed by atoms with Crippen LogP contribution in [0.15, 0.2) is 48.7 Å². The first-order chi connectivity index (χ1) is 13.4. The lowest BCUT2D eigenvalue weighted by Crippen LogP contribution is -2.01. The van der Waals surface area contributed by atoms with E-state index in [1.165, 1.54) is 12.1 Å². The summed E-state index contributed by atoms with van der Waals surface area (Å²) in [5, 5.41) is 9.80. The summed E-state index contributed by atoms with van der Waals surface area (Å²) in [5.41, 5.74) is 10.3. The largest absolute Gasteiger partial charge is 0.385 e. The molecule has 4 aromatic rings. The van der Waals surface area contributed by atoms with Crippen molar-refractivity contribution >= 4 is 16.9 Å². The minimum atomic E-state index is -0.286. The van der Waals surface area contributed by atoms with Gasteiger partial charge in [-0.05, 0) is 50.2 Å². The number of hydrogen-bond donors (Lipinski definition) is 2. The Morgan fingerprint density at radius 2 is 1.79 bits per heavy atom. The molecular formula is C20H20FN7. The molecule has 0 fully saturated rings. The molecule has 0 bridgehead atoms. The van der Waals surface area contributed by atoms with Crippen molar-refractivity contribution in [3.63, 3.8) is 0 Å². The van der Waals surface area contributed by atoms with Crippen LogP contribution in [0.4, 0.5) is 10.2 Å². The molecule has 3 N–H and O–H groups in total. The van der Waals surface area contributed by atoms with Gasteiger partial charge in [0, 0.05) is 36.0 Å². The Bertz CT molecular complexity index is 1210. The van der Waals surface area contributed by atoms with E-state index in [1.807, 2.05) is 33.0 Å². The standard InChI is InChI=1S/C20H20FN7/c1-12-10-13(2)28(25-12)18-11-17(22)24-20-16(8-9-23-18)19(27(3)26-20)14-4-6-15(21)7-5-14/h4-11H,22H2,1-3H3,(H,24,26). The van der Waals surface area contributed by atoms with Gasteiger partial charge in [0.15, 0.2) is 11.5 Å². The highest BCUT2D eigenvalue weighted by Gasteiger charge is 2.11. The van der Waals surface area contributed by atoms with Gasteiger partial charge in [-0.25, -0.2) is 14.1 Å². The summed E-state index contributed by atoms with van der Waals surface area (Å²) >= 11 is 0. The van der Waals surface area contributed by atoms with Gasteiger partial charge in [-0.3, -0.25) is 4.68 Å². The van der Waals surface area contributed by atoms with Crippen LogP contribution in [-0.4, -0.2) is 29.5 Å². The molecule has 0 saturated carbocycles. The average Bonchev–Trinajstić information content (AvgIpc) is 3.14. The van der Waals surface area contributed by atoms with E-state index in [0.29, 0.717) is 17.3 Å². The third kappa shape index (κ3) is 3.20. The lowest BCUT2D eigenvalue weighted by Gasteiger charge is -2.02. The van der Waals surface area contributed by atoms with E-state index < -0.39 is 0 Å². The Hall–Kier alpha value is -3.68. The van der Waals surface area contributed by atoms with Crippen molar-refractivity contribution in [2.45, 2.75) is 13.8 Å². The van der Waals surface area contributed by atoms with Crippen molar-refractivity contribution in [3.8, 4) is 17.1 Å². The van der Waals surface area contributed by atoms with Crippen molar-refractivity contribution in [1.29, 1.82) is 0 Å². The van der Waals surface area contributed by atoms with Crippen molar-refractivity contribution in [2.24, 2.45) is 7.05 Å². The van der Waals surface area contributed by atoms with E-state index in [4.69, 9.17) is 5.73 Å². The molecule has 0 amide bonds. The highest BCUT2D eigenvalue weighted by molar-refractivity contribution is 5.90. The minimum absolute atomic E-state index is 0.286. The summed E-state index contributed by atoms with van der Waals surface area (Å²) in [6.45, 7) is 3.88. The van der Waals surface area contributed by atoms with Crippen LogP contribution < -0.4 is 5.73 Å². The van der Waals surface area contributed by atoms with Crippen LogP contribution in [0, 0.1) is 19.7 Å². The molecule has 28 heavy (non-hydrogen) atoms. The fourth-order valence-electron chi connectivity index (χ4n) is 3.25. The molecule has 3 heterocycles. The summed E-state index contributed by atoms with van der Waals surface area (Å²) in [4.78, 5) is 7.67. The lowest BCUT2D eigenvalue weighted by molar-refractivity contribution is 0.628. The maximum absolute atomic E-state index is 13.3. The van der Waals surface area contributed by atoms with Gasteiger partial charge >= 0.3 is 0 Å². The third-order valence-electron chi connectivity index (χ3n) is 4.42. The molecule has 7 nitrogen and oxygen atoms in total. The zero-order valence-electron chi connectivity index (χ0n) is 15.8. The van der Waals surface area contributed by atoms with E-state index in [2.05, 4.69) is 20.2 Å². The monoisotopic (exact) mass is 377 g/mol. The lowest BCUT2D eigenvalue weighted by atomic mass is 10.1. The molecule has 1 aromatic carbocycles. The smallest absolute Gasteiger partial charge is 0.161 e. The molecule has 0 aliphatic rings. The van der Waals surface area contributed by atoms with Crippen molar-refractivity contribution in [1.82, 2.24) is 29.5 Å². The number of nitrogen functional groups attached to an aromatic ring is 1. The second-order valence-corrected chi connectivity index (χ2v) is 6.61. The van der Waals surface area contributed by atoms with Crippen LogP contribution >= 0.6 is 0 Å². The number of nitrogens with zero attached hydrogens (tertiary/aromatic N) is 5. The number of benzene rings is 1. The van der Waals surface area contributed by atoms with Crippen LogP contribution in [0.1, 0.15) is 11.4 Å². The number of nitrogens with one attached hydrogen (secondary N) is 1. The molecule has 0 atom stereocenters. The number of fused-ring (bicyclic) bond motifs is 1. The van der Waals surface area contributed by atoms with Gasteiger partial charge in [-0.1, -0.05) is 0 Å². The van der Waals surface area contributed by atoms with E-state index >= 15 is 0 Å². The van der Waals surface area contributed by atoms with Crippen LogP contribution in [-0.2, 0) is 7.05 Å².